The number of rotatable bonds is 6. The van der Waals surface area contributed by atoms with Crippen molar-refractivity contribution in [1.82, 2.24) is 4.90 Å². The molecule has 0 saturated carbocycles. The second kappa shape index (κ2) is 9.43. The fourth-order valence-corrected chi connectivity index (χ4v) is 3.97. The minimum atomic E-state index is -0.562. The number of hydrogen-bond acceptors (Lipinski definition) is 4. The molecule has 1 N–H and O–H groups in total. The highest BCUT2D eigenvalue weighted by Gasteiger charge is 2.38. The smallest absolute Gasteiger partial charge is 0.311 e. The van der Waals surface area contributed by atoms with Crippen molar-refractivity contribution in [2.75, 3.05) is 18.5 Å². The maximum atomic E-state index is 12.4. The molecule has 158 valence electrons. The first kappa shape index (κ1) is 22.0. The Hall–Kier alpha value is -2.67. The molecule has 0 aromatic heterocycles. The number of ether oxygens (including phenoxy) is 1. The van der Waals surface area contributed by atoms with Gasteiger partial charge in [0.05, 0.1) is 12.0 Å². The third-order valence-corrected chi connectivity index (χ3v) is 6.44. The fourth-order valence-electron chi connectivity index (χ4n) is 3.54. The molecule has 0 radical (unpaired) electrons. The first-order valence-electron chi connectivity index (χ1n) is 9.84. The molecule has 1 fully saturated rings. The lowest BCUT2D eigenvalue weighted by Gasteiger charge is -2.25. The SMILES string of the molecule is Cc1c(Br)ccc(NC(=O)COC(=O)[C@H]2CC(=O)N([C@@H](C)c3ccccc3)C2)c1C. The first-order valence-corrected chi connectivity index (χ1v) is 10.6. The van der Waals surface area contributed by atoms with Crippen molar-refractivity contribution in [3.8, 4) is 0 Å². The maximum Gasteiger partial charge on any atom is 0.311 e. The van der Waals surface area contributed by atoms with E-state index < -0.39 is 17.8 Å². The predicted molar refractivity (Wildman–Crippen MR) is 118 cm³/mol. The number of esters is 1. The number of hydrogen-bond donors (Lipinski definition) is 1. The van der Waals surface area contributed by atoms with E-state index in [1.165, 1.54) is 0 Å². The van der Waals surface area contributed by atoms with Gasteiger partial charge >= 0.3 is 5.97 Å². The molecule has 1 heterocycles. The van der Waals surface area contributed by atoms with Gasteiger partial charge in [0, 0.05) is 23.1 Å². The third kappa shape index (κ3) is 4.90. The van der Waals surface area contributed by atoms with Gasteiger partial charge in [-0.15, -0.1) is 0 Å². The Bertz CT molecular complexity index is 961. The van der Waals surface area contributed by atoms with Crippen molar-refractivity contribution < 1.29 is 19.1 Å². The molecule has 7 heteroatoms. The van der Waals surface area contributed by atoms with Crippen molar-refractivity contribution in [3.05, 3.63) is 63.6 Å². The number of carbonyl (C=O) groups excluding carboxylic acids is 3. The summed E-state index contributed by atoms with van der Waals surface area (Å²) in [5.74, 6) is -1.58. The van der Waals surface area contributed by atoms with Crippen LogP contribution >= 0.6 is 15.9 Å². The minimum Gasteiger partial charge on any atom is -0.455 e. The molecule has 2 atom stereocenters. The molecule has 30 heavy (non-hydrogen) atoms. The molecule has 0 aliphatic carbocycles. The van der Waals surface area contributed by atoms with E-state index >= 15 is 0 Å². The van der Waals surface area contributed by atoms with E-state index in [1.54, 1.807) is 11.0 Å². The summed E-state index contributed by atoms with van der Waals surface area (Å²) >= 11 is 3.45. The van der Waals surface area contributed by atoms with Gasteiger partial charge in [0.1, 0.15) is 0 Å². The van der Waals surface area contributed by atoms with Crippen LogP contribution in [0.25, 0.3) is 0 Å². The summed E-state index contributed by atoms with van der Waals surface area (Å²) < 4.78 is 6.16. The second-order valence-corrected chi connectivity index (χ2v) is 8.39. The van der Waals surface area contributed by atoms with Crippen LogP contribution in [0.15, 0.2) is 46.9 Å². The van der Waals surface area contributed by atoms with Gasteiger partial charge < -0.3 is 15.0 Å². The Morgan fingerprint density at radius 2 is 1.87 bits per heavy atom. The Labute approximate surface area is 184 Å². The first-order chi connectivity index (χ1) is 14.3. The summed E-state index contributed by atoms with van der Waals surface area (Å²) in [5.41, 5.74) is 3.66. The predicted octanol–water partition coefficient (Wildman–Crippen LogP) is 4.16. The van der Waals surface area contributed by atoms with E-state index in [1.807, 2.05) is 57.2 Å². The molecule has 2 aromatic carbocycles. The van der Waals surface area contributed by atoms with Crippen LogP contribution in [0, 0.1) is 19.8 Å². The number of likely N-dealkylation sites (tertiary alicyclic amines) is 1. The molecular formula is C23H25BrN2O4. The summed E-state index contributed by atoms with van der Waals surface area (Å²) in [6.07, 6.45) is 0.0998. The average Bonchev–Trinajstić information content (AvgIpc) is 3.14. The topological polar surface area (TPSA) is 75.7 Å². The lowest BCUT2D eigenvalue weighted by atomic mass is 10.1. The lowest BCUT2D eigenvalue weighted by molar-refractivity contribution is -0.151. The van der Waals surface area contributed by atoms with Crippen LogP contribution in [0.5, 0.6) is 0 Å². The average molecular weight is 473 g/mol. The van der Waals surface area contributed by atoms with E-state index in [0.717, 1.165) is 21.2 Å². The number of nitrogens with one attached hydrogen (secondary N) is 1. The van der Waals surface area contributed by atoms with Crippen LogP contribution in [0.2, 0.25) is 0 Å². The quantitative estimate of drug-likeness (QED) is 0.640. The third-order valence-electron chi connectivity index (χ3n) is 5.58. The molecule has 0 unspecified atom stereocenters. The molecule has 1 saturated heterocycles. The van der Waals surface area contributed by atoms with E-state index in [4.69, 9.17) is 4.74 Å². The van der Waals surface area contributed by atoms with Gasteiger partial charge in [-0.2, -0.15) is 0 Å². The summed E-state index contributed by atoms with van der Waals surface area (Å²) in [6.45, 7) is 5.71. The van der Waals surface area contributed by atoms with E-state index in [0.29, 0.717) is 12.2 Å². The molecule has 1 aliphatic heterocycles. The summed E-state index contributed by atoms with van der Waals surface area (Å²) in [7, 11) is 0. The van der Waals surface area contributed by atoms with Crippen LogP contribution in [-0.4, -0.2) is 35.8 Å². The van der Waals surface area contributed by atoms with Crippen molar-refractivity contribution in [2.24, 2.45) is 5.92 Å². The van der Waals surface area contributed by atoms with Gasteiger partial charge in [-0.05, 0) is 49.6 Å². The van der Waals surface area contributed by atoms with Gasteiger partial charge in [-0.1, -0.05) is 46.3 Å². The molecule has 3 rings (SSSR count). The molecule has 6 nitrogen and oxygen atoms in total. The van der Waals surface area contributed by atoms with Crippen molar-refractivity contribution >= 4 is 39.4 Å². The zero-order chi connectivity index (χ0) is 21.8. The highest BCUT2D eigenvalue weighted by atomic mass is 79.9. The van der Waals surface area contributed by atoms with E-state index in [9.17, 15) is 14.4 Å². The van der Waals surface area contributed by atoms with Gasteiger partial charge in [0.25, 0.3) is 5.91 Å². The Morgan fingerprint density at radius 3 is 2.57 bits per heavy atom. The van der Waals surface area contributed by atoms with E-state index in [-0.39, 0.29) is 25.0 Å². The summed E-state index contributed by atoms with van der Waals surface area (Å²) in [6, 6.07) is 13.2. The molecule has 0 bridgehead atoms. The van der Waals surface area contributed by atoms with Gasteiger partial charge in [-0.3, -0.25) is 14.4 Å². The van der Waals surface area contributed by atoms with Crippen molar-refractivity contribution in [3.63, 3.8) is 0 Å². The monoisotopic (exact) mass is 472 g/mol. The van der Waals surface area contributed by atoms with Gasteiger partial charge in [0.2, 0.25) is 5.91 Å². The van der Waals surface area contributed by atoms with Crippen molar-refractivity contribution in [2.45, 2.75) is 33.2 Å². The maximum absolute atomic E-state index is 12.4. The fraction of sp³-hybridized carbons (Fsp3) is 0.348. The van der Waals surface area contributed by atoms with Crippen LogP contribution < -0.4 is 5.32 Å². The zero-order valence-corrected chi connectivity index (χ0v) is 18.9. The van der Waals surface area contributed by atoms with Crippen LogP contribution in [0.1, 0.15) is 36.1 Å². The Balaban J connectivity index is 1.53. The van der Waals surface area contributed by atoms with Crippen LogP contribution in [-0.2, 0) is 19.1 Å². The summed E-state index contributed by atoms with van der Waals surface area (Å²) in [5, 5.41) is 2.77. The number of carbonyl (C=O) groups is 3. The number of halogens is 1. The van der Waals surface area contributed by atoms with Gasteiger partial charge in [-0.25, -0.2) is 0 Å². The summed E-state index contributed by atoms with van der Waals surface area (Å²) in [4.78, 5) is 38.8. The lowest BCUT2D eigenvalue weighted by Crippen LogP contribution is -2.30. The molecule has 0 spiro atoms. The Kier molecular flexibility index (Phi) is 6.92. The number of nitrogens with zero attached hydrogens (tertiary/aromatic N) is 1. The Morgan fingerprint density at radius 1 is 1.17 bits per heavy atom. The number of amides is 2. The second-order valence-electron chi connectivity index (χ2n) is 7.53. The normalized spacial score (nSPS) is 17.0. The standard InChI is InChI=1S/C23H25BrN2O4/c1-14-15(2)20(10-9-19(14)24)25-21(27)13-30-23(29)18-11-22(28)26(12-18)16(3)17-7-5-4-6-8-17/h4-10,16,18H,11-13H2,1-3H3,(H,25,27)/t16-,18-/m0/s1. The van der Waals surface area contributed by atoms with Gasteiger partial charge in [0.15, 0.2) is 6.61 Å². The largest absolute Gasteiger partial charge is 0.455 e. The number of benzene rings is 2. The minimum absolute atomic E-state index is 0.0845. The van der Waals surface area contributed by atoms with E-state index in [2.05, 4.69) is 21.2 Å². The zero-order valence-electron chi connectivity index (χ0n) is 17.3. The highest BCUT2D eigenvalue weighted by molar-refractivity contribution is 9.10. The molecule has 1 aliphatic rings. The van der Waals surface area contributed by atoms with Crippen molar-refractivity contribution in [1.29, 1.82) is 0 Å². The molecule has 2 aromatic rings. The highest BCUT2D eigenvalue weighted by Crippen LogP contribution is 2.29. The molecular weight excluding hydrogens is 448 g/mol. The van der Waals surface area contributed by atoms with Crippen LogP contribution in [0.3, 0.4) is 0 Å². The number of anilines is 1. The molecule has 2 amide bonds. The van der Waals surface area contributed by atoms with Crippen LogP contribution in [0.4, 0.5) is 5.69 Å².